The normalized spacial score (nSPS) is 9.33. The highest BCUT2D eigenvalue weighted by molar-refractivity contribution is 5.75. The Morgan fingerprint density at radius 3 is 1.28 bits per heavy atom. The van der Waals surface area contributed by atoms with Crippen molar-refractivity contribution in [2.75, 3.05) is 6.61 Å². The van der Waals surface area contributed by atoms with Crippen LogP contribution in [0.2, 0.25) is 0 Å². The van der Waals surface area contributed by atoms with Crippen molar-refractivity contribution in [3.8, 4) is 0 Å². The molecule has 3 radical (unpaired) electrons. The highest BCUT2D eigenvalue weighted by Gasteiger charge is 1.92. The van der Waals surface area contributed by atoms with E-state index in [2.05, 4.69) is 13.8 Å². The molecule has 0 aromatic carbocycles. The molecule has 18 heavy (non-hydrogen) atoms. The Bertz CT molecular complexity index is 106. The van der Waals surface area contributed by atoms with Crippen molar-refractivity contribution in [1.82, 2.24) is 0 Å². The summed E-state index contributed by atoms with van der Waals surface area (Å²) in [6.45, 7) is 11.7. The molecule has 0 unspecified atom stereocenters. The zero-order valence-corrected chi connectivity index (χ0v) is 14.3. The third-order valence-electron chi connectivity index (χ3n) is 1.44. The van der Waals surface area contributed by atoms with Gasteiger partial charge in [0.1, 0.15) is 0 Å². The van der Waals surface area contributed by atoms with Crippen molar-refractivity contribution in [2.45, 2.75) is 79.4 Å². The number of aliphatic hydroxyl groups is 3. The van der Waals surface area contributed by atoms with Crippen molar-refractivity contribution in [3.05, 3.63) is 0 Å². The second kappa shape index (κ2) is 22.6. The van der Waals surface area contributed by atoms with E-state index in [4.69, 9.17) is 15.3 Å². The van der Waals surface area contributed by atoms with Crippen LogP contribution in [0.4, 0.5) is 0 Å². The fourth-order valence-electron chi connectivity index (χ4n) is 0.841. The molecule has 0 saturated carbocycles. The molecule has 0 aliphatic heterocycles. The summed E-state index contributed by atoms with van der Waals surface area (Å²) in [6.07, 6.45) is 4.42. The van der Waals surface area contributed by atoms with Crippen LogP contribution >= 0.6 is 0 Å². The van der Waals surface area contributed by atoms with Crippen molar-refractivity contribution in [2.24, 2.45) is 5.92 Å². The van der Waals surface area contributed by atoms with Gasteiger partial charge in [0.25, 0.3) is 0 Å². The van der Waals surface area contributed by atoms with Gasteiger partial charge in [-0.3, -0.25) is 0 Å². The van der Waals surface area contributed by atoms with Crippen LogP contribution in [0.1, 0.15) is 67.2 Å². The van der Waals surface area contributed by atoms with Gasteiger partial charge in [0.2, 0.25) is 0 Å². The monoisotopic (exact) mass is 277 g/mol. The van der Waals surface area contributed by atoms with Crippen LogP contribution in [0.5, 0.6) is 0 Å². The molecule has 0 fully saturated rings. The van der Waals surface area contributed by atoms with Crippen LogP contribution in [-0.4, -0.2) is 51.5 Å². The number of rotatable bonds is 5. The maximum atomic E-state index is 8.43. The summed E-state index contributed by atoms with van der Waals surface area (Å²) in [6, 6.07) is 0. The second-order valence-electron chi connectivity index (χ2n) is 5.15. The van der Waals surface area contributed by atoms with E-state index in [0.717, 1.165) is 12.3 Å². The SMILES string of the molecule is CC(C)CCCCCO.CC(C)O.CC(C)O.[Al]. The third-order valence-corrected chi connectivity index (χ3v) is 1.44. The van der Waals surface area contributed by atoms with E-state index in [1.54, 1.807) is 27.7 Å². The molecular weight excluding hydrogens is 243 g/mol. The summed E-state index contributed by atoms with van der Waals surface area (Å²) in [5.41, 5.74) is 0. The van der Waals surface area contributed by atoms with Crippen molar-refractivity contribution in [3.63, 3.8) is 0 Å². The van der Waals surface area contributed by atoms with Crippen LogP contribution in [0.25, 0.3) is 0 Å². The lowest BCUT2D eigenvalue weighted by molar-refractivity contribution is 0.215. The summed E-state index contributed by atoms with van der Waals surface area (Å²) in [7, 11) is 0. The first-order chi connectivity index (χ1) is 7.73. The van der Waals surface area contributed by atoms with Crippen LogP contribution in [0.3, 0.4) is 0 Å². The molecule has 0 spiro atoms. The zero-order chi connectivity index (χ0) is 14.3. The highest BCUT2D eigenvalue weighted by atomic mass is 27.0. The van der Waals surface area contributed by atoms with Gasteiger partial charge >= 0.3 is 0 Å². The van der Waals surface area contributed by atoms with Gasteiger partial charge in [-0.25, -0.2) is 0 Å². The van der Waals surface area contributed by atoms with Crippen molar-refractivity contribution in [1.29, 1.82) is 0 Å². The average Bonchev–Trinajstić information content (AvgIpc) is 2.10. The Morgan fingerprint density at radius 1 is 0.722 bits per heavy atom. The van der Waals surface area contributed by atoms with Crippen molar-refractivity contribution >= 4 is 17.4 Å². The molecule has 3 nitrogen and oxygen atoms in total. The predicted octanol–water partition coefficient (Wildman–Crippen LogP) is 2.59. The van der Waals surface area contributed by atoms with E-state index in [1.807, 2.05) is 0 Å². The van der Waals surface area contributed by atoms with E-state index in [-0.39, 0.29) is 29.6 Å². The van der Waals surface area contributed by atoms with E-state index < -0.39 is 0 Å². The standard InChI is InChI=1S/C8H18O.2C3H8O.Al/c1-8(2)6-4-3-5-7-9;2*1-3(2)4;/h8-9H,3-7H2,1-2H3;2*3-4H,1-2H3;. The van der Waals surface area contributed by atoms with Gasteiger partial charge in [-0.15, -0.1) is 0 Å². The molecule has 0 rings (SSSR count). The summed E-state index contributed by atoms with van der Waals surface area (Å²) in [4.78, 5) is 0. The zero-order valence-electron chi connectivity index (χ0n) is 13.2. The Balaban J connectivity index is -0.0000000922. The summed E-state index contributed by atoms with van der Waals surface area (Å²) in [5, 5.41) is 24.5. The van der Waals surface area contributed by atoms with Crippen LogP contribution in [0.15, 0.2) is 0 Å². The van der Waals surface area contributed by atoms with Gasteiger partial charge in [0, 0.05) is 36.2 Å². The first-order valence-corrected chi connectivity index (χ1v) is 6.70. The quantitative estimate of drug-likeness (QED) is 0.535. The van der Waals surface area contributed by atoms with E-state index in [0.29, 0.717) is 6.61 Å². The molecule has 0 amide bonds. The molecule has 0 aromatic rings. The molecule has 0 heterocycles. The summed E-state index contributed by atoms with van der Waals surface area (Å²) >= 11 is 0. The van der Waals surface area contributed by atoms with E-state index in [1.165, 1.54) is 19.3 Å². The minimum absolute atomic E-state index is 0. The maximum Gasteiger partial charge on any atom is 0.0483 e. The average molecular weight is 277 g/mol. The molecule has 0 atom stereocenters. The number of hydrogen-bond donors (Lipinski definition) is 3. The third kappa shape index (κ3) is 94.8. The fraction of sp³-hybridized carbons (Fsp3) is 1.00. The first kappa shape index (κ1) is 26.9. The Kier molecular flexibility index (Phi) is 33.7. The molecule has 111 valence electrons. The highest BCUT2D eigenvalue weighted by Crippen LogP contribution is 2.06. The summed E-state index contributed by atoms with van der Waals surface area (Å²) < 4.78 is 0. The summed E-state index contributed by atoms with van der Waals surface area (Å²) in [5.74, 6) is 0.823. The molecule has 0 aromatic heterocycles. The minimum atomic E-state index is -0.167. The Hall–Kier alpha value is 0.412. The Labute approximate surface area is 125 Å². The number of aliphatic hydroxyl groups excluding tert-OH is 3. The second-order valence-corrected chi connectivity index (χ2v) is 5.15. The molecule has 0 bridgehead atoms. The van der Waals surface area contributed by atoms with E-state index >= 15 is 0 Å². The lowest BCUT2D eigenvalue weighted by Crippen LogP contribution is -1.88. The molecule has 0 aliphatic rings. The minimum Gasteiger partial charge on any atom is -0.396 e. The largest absolute Gasteiger partial charge is 0.396 e. The molecule has 0 aliphatic carbocycles. The first-order valence-electron chi connectivity index (χ1n) is 6.70. The molecule has 4 heteroatoms. The topological polar surface area (TPSA) is 60.7 Å². The van der Waals surface area contributed by atoms with Crippen LogP contribution in [-0.2, 0) is 0 Å². The van der Waals surface area contributed by atoms with Crippen LogP contribution < -0.4 is 0 Å². The lowest BCUT2D eigenvalue weighted by atomic mass is 10.1. The van der Waals surface area contributed by atoms with E-state index in [9.17, 15) is 0 Å². The van der Waals surface area contributed by atoms with Gasteiger partial charge in [0.05, 0.1) is 0 Å². The maximum absolute atomic E-state index is 8.43. The number of unbranched alkanes of at least 4 members (excludes halogenated alkanes) is 2. The Morgan fingerprint density at radius 2 is 1.06 bits per heavy atom. The molecular formula is C14H34AlO3. The van der Waals surface area contributed by atoms with Gasteiger partial charge in [-0.1, -0.05) is 33.1 Å². The lowest BCUT2D eigenvalue weighted by Gasteiger charge is -2.01. The van der Waals surface area contributed by atoms with Gasteiger partial charge in [0.15, 0.2) is 0 Å². The molecule has 0 saturated heterocycles. The number of hydrogen-bond acceptors (Lipinski definition) is 3. The van der Waals surface area contributed by atoms with Crippen molar-refractivity contribution < 1.29 is 15.3 Å². The predicted molar refractivity (Wildman–Crippen MR) is 80.9 cm³/mol. The smallest absolute Gasteiger partial charge is 0.0483 e. The van der Waals surface area contributed by atoms with Crippen LogP contribution in [0, 0.1) is 5.92 Å². The molecule has 3 N–H and O–H groups in total. The van der Waals surface area contributed by atoms with Gasteiger partial charge in [-0.05, 0) is 40.0 Å². The van der Waals surface area contributed by atoms with Gasteiger partial charge < -0.3 is 15.3 Å². The fourth-order valence-corrected chi connectivity index (χ4v) is 0.841. The van der Waals surface area contributed by atoms with Gasteiger partial charge in [-0.2, -0.15) is 0 Å².